The molecular formula is C12H15BrClNO2. The maximum Gasteiger partial charge on any atom is 0.257 e. The van der Waals surface area contributed by atoms with Crippen molar-refractivity contribution < 1.29 is 9.53 Å². The first-order chi connectivity index (χ1) is 8.01. The van der Waals surface area contributed by atoms with Crippen molar-refractivity contribution in [2.45, 2.75) is 13.0 Å². The van der Waals surface area contributed by atoms with Crippen LogP contribution < -0.4 is 4.74 Å². The molecule has 0 heterocycles. The molecule has 0 aromatic heterocycles. The molecule has 0 bridgehead atoms. The SMILES string of the molecule is COc1cc(Cl)ccc1C(=O)N(C)C(C)CBr. The van der Waals surface area contributed by atoms with Gasteiger partial charge in [0.25, 0.3) is 5.91 Å². The number of halogens is 2. The Bertz CT molecular complexity index is 411. The molecule has 3 nitrogen and oxygen atoms in total. The number of alkyl halides is 1. The van der Waals surface area contributed by atoms with Crippen molar-refractivity contribution in [3.05, 3.63) is 28.8 Å². The normalized spacial score (nSPS) is 12.1. The molecule has 0 aliphatic rings. The summed E-state index contributed by atoms with van der Waals surface area (Å²) in [6.07, 6.45) is 0. The Morgan fingerprint density at radius 1 is 1.59 bits per heavy atom. The summed E-state index contributed by atoms with van der Waals surface area (Å²) in [6.45, 7) is 1.97. The van der Waals surface area contributed by atoms with Gasteiger partial charge in [-0.2, -0.15) is 0 Å². The predicted molar refractivity (Wildman–Crippen MR) is 73.4 cm³/mol. The molecule has 0 N–H and O–H groups in total. The average Bonchev–Trinajstić information content (AvgIpc) is 2.35. The van der Waals surface area contributed by atoms with Gasteiger partial charge in [-0.3, -0.25) is 4.79 Å². The monoisotopic (exact) mass is 319 g/mol. The van der Waals surface area contributed by atoms with Gasteiger partial charge in [-0.15, -0.1) is 0 Å². The van der Waals surface area contributed by atoms with E-state index in [1.54, 1.807) is 30.1 Å². The van der Waals surface area contributed by atoms with Crippen molar-refractivity contribution >= 4 is 33.4 Å². The maximum atomic E-state index is 12.2. The molecule has 0 spiro atoms. The second-order valence-electron chi connectivity index (χ2n) is 3.76. The molecule has 17 heavy (non-hydrogen) atoms. The number of nitrogens with zero attached hydrogens (tertiary/aromatic N) is 1. The molecule has 1 rings (SSSR count). The molecule has 1 aromatic rings. The van der Waals surface area contributed by atoms with Gasteiger partial charge < -0.3 is 9.64 Å². The summed E-state index contributed by atoms with van der Waals surface area (Å²) in [7, 11) is 3.29. The minimum Gasteiger partial charge on any atom is -0.496 e. The number of benzene rings is 1. The molecule has 5 heteroatoms. The smallest absolute Gasteiger partial charge is 0.257 e. The van der Waals surface area contributed by atoms with Crippen molar-refractivity contribution in [3.8, 4) is 5.75 Å². The Morgan fingerprint density at radius 2 is 2.24 bits per heavy atom. The number of ether oxygens (including phenoxy) is 1. The van der Waals surface area contributed by atoms with E-state index in [1.165, 1.54) is 7.11 Å². The van der Waals surface area contributed by atoms with E-state index in [9.17, 15) is 4.79 Å². The largest absolute Gasteiger partial charge is 0.496 e. The Balaban J connectivity index is 3.03. The number of methoxy groups -OCH3 is 1. The lowest BCUT2D eigenvalue weighted by molar-refractivity contribution is 0.0755. The van der Waals surface area contributed by atoms with Crippen LogP contribution in [0.2, 0.25) is 5.02 Å². The van der Waals surface area contributed by atoms with E-state index in [0.29, 0.717) is 16.3 Å². The fraction of sp³-hybridized carbons (Fsp3) is 0.417. The molecular weight excluding hydrogens is 305 g/mol. The summed E-state index contributed by atoms with van der Waals surface area (Å²) in [4.78, 5) is 13.9. The van der Waals surface area contributed by atoms with Crippen LogP contribution in [0.25, 0.3) is 0 Å². The molecule has 1 atom stereocenters. The van der Waals surface area contributed by atoms with Gasteiger partial charge in [0.05, 0.1) is 12.7 Å². The van der Waals surface area contributed by atoms with E-state index in [4.69, 9.17) is 16.3 Å². The van der Waals surface area contributed by atoms with Crippen LogP contribution in [0.3, 0.4) is 0 Å². The summed E-state index contributed by atoms with van der Waals surface area (Å²) in [5.41, 5.74) is 0.521. The van der Waals surface area contributed by atoms with Crippen LogP contribution in [0.15, 0.2) is 18.2 Å². The zero-order valence-corrected chi connectivity index (χ0v) is 12.4. The van der Waals surface area contributed by atoms with Gasteiger partial charge in [0, 0.05) is 23.4 Å². The first-order valence-corrected chi connectivity index (χ1v) is 6.67. The van der Waals surface area contributed by atoms with Crippen LogP contribution in [0.5, 0.6) is 5.75 Å². The zero-order chi connectivity index (χ0) is 13.0. The van der Waals surface area contributed by atoms with E-state index < -0.39 is 0 Å². The van der Waals surface area contributed by atoms with Crippen molar-refractivity contribution in [2.24, 2.45) is 0 Å². The summed E-state index contributed by atoms with van der Waals surface area (Å²) < 4.78 is 5.17. The fourth-order valence-corrected chi connectivity index (χ4v) is 1.93. The van der Waals surface area contributed by atoms with Gasteiger partial charge in [0.1, 0.15) is 5.75 Å². The number of hydrogen-bond donors (Lipinski definition) is 0. The summed E-state index contributed by atoms with van der Waals surface area (Å²) in [5, 5.41) is 1.28. The highest BCUT2D eigenvalue weighted by Crippen LogP contribution is 2.24. The Labute approximate surface area is 115 Å². The molecule has 0 radical (unpaired) electrons. The van der Waals surface area contributed by atoms with Crippen LogP contribution in [0.1, 0.15) is 17.3 Å². The summed E-state index contributed by atoms with van der Waals surface area (Å²) >= 11 is 9.21. The Kier molecular flexibility index (Phi) is 5.28. The molecule has 1 unspecified atom stereocenters. The third kappa shape index (κ3) is 3.36. The molecule has 0 saturated heterocycles. The number of rotatable bonds is 4. The minimum atomic E-state index is -0.0783. The summed E-state index contributed by atoms with van der Waals surface area (Å²) in [6, 6.07) is 5.12. The quantitative estimate of drug-likeness (QED) is 0.797. The number of hydrogen-bond acceptors (Lipinski definition) is 2. The third-order valence-electron chi connectivity index (χ3n) is 2.60. The Morgan fingerprint density at radius 3 is 2.76 bits per heavy atom. The molecule has 94 valence electrons. The maximum absolute atomic E-state index is 12.2. The minimum absolute atomic E-state index is 0.0783. The third-order valence-corrected chi connectivity index (χ3v) is 3.77. The van der Waals surface area contributed by atoms with Crippen LogP contribution in [0, 0.1) is 0 Å². The lowest BCUT2D eigenvalue weighted by Gasteiger charge is -2.24. The molecule has 0 fully saturated rings. The molecule has 1 aromatic carbocycles. The van der Waals surface area contributed by atoms with Gasteiger partial charge in [0.2, 0.25) is 0 Å². The van der Waals surface area contributed by atoms with E-state index in [0.717, 1.165) is 5.33 Å². The van der Waals surface area contributed by atoms with E-state index in [1.807, 2.05) is 6.92 Å². The zero-order valence-electron chi connectivity index (χ0n) is 10.0. The highest BCUT2D eigenvalue weighted by atomic mass is 79.9. The topological polar surface area (TPSA) is 29.5 Å². The lowest BCUT2D eigenvalue weighted by atomic mass is 10.1. The van der Waals surface area contributed by atoms with Crippen LogP contribution in [0.4, 0.5) is 0 Å². The summed E-state index contributed by atoms with van der Waals surface area (Å²) in [5.74, 6) is 0.418. The van der Waals surface area contributed by atoms with Crippen LogP contribution >= 0.6 is 27.5 Å². The van der Waals surface area contributed by atoms with E-state index >= 15 is 0 Å². The number of amides is 1. The highest BCUT2D eigenvalue weighted by Gasteiger charge is 2.20. The van der Waals surface area contributed by atoms with Crippen molar-refractivity contribution in [3.63, 3.8) is 0 Å². The highest BCUT2D eigenvalue weighted by molar-refractivity contribution is 9.09. The number of carbonyl (C=O) groups excluding carboxylic acids is 1. The predicted octanol–water partition coefficient (Wildman–Crippen LogP) is 3.20. The molecule has 1 amide bonds. The molecule has 0 aliphatic carbocycles. The standard InChI is InChI=1S/C12H15BrClNO2/c1-8(7-13)15(2)12(16)10-5-4-9(14)6-11(10)17-3/h4-6,8H,7H2,1-3H3. The van der Waals surface area contributed by atoms with Gasteiger partial charge in [0.15, 0.2) is 0 Å². The van der Waals surface area contributed by atoms with E-state index in [2.05, 4.69) is 15.9 Å². The number of carbonyl (C=O) groups is 1. The van der Waals surface area contributed by atoms with Gasteiger partial charge in [-0.25, -0.2) is 0 Å². The van der Waals surface area contributed by atoms with Gasteiger partial charge in [-0.05, 0) is 25.1 Å². The fourth-order valence-electron chi connectivity index (χ4n) is 1.34. The second-order valence-corrected chi connectivity index (χ2v) is 4.85. The van der Waals surface area contributed by atoms with Crippen LogP contribution in [-0.2, 0) is 0 Å². The first-order valence-electron chi connectivity index (χ1n) is 5.18. The van der Waals surface area contributed by atoms with Crippen molar-refractivity contribution in [2.75, 3.05) is 19.5 Å². The van der Waals surface area contributed by atoms with Gasteiger partial charge >= 0.3 is 0 Å². The van der Waals surface area contributed by atoms with Crippen molar-refractivity contribution in [1.29, 1.82) is 0 Å². The van der Waals surface area contributed by atoms with Crippen molar-refractivity contribution in [1.82, 2.24) is 4.90 Å². The average molecular weight is 321 g/mol. The second kappa shape index (κ2) is 6.26. The Hall–Kier alpha value is -0.740. The van der Waals surface area contributed by atoms with Crippen LogP contribution in [-0.4, -0.2) is 36.3 Å². The lowest BCUT2D eigenvalue weighted by Crippen LogP contribution is -2.36. The first kappa shape index (κ1) is 14.3. The molecule has 0 aliphatic heterocycles. The van der Waals surface area contributed by atoms with Gasteiger partial charge in [-0.1, -0.05) is 27.5 Å². The molecule has 0 saturated carbocycles. The van der Waals surface area contributed by atoms with E-state index in [-0.39, 0.29) is 11.9 Å².